The molecule has 1 amide bonds. The highest BCUT2D eigenvalue weighted by atomic mass is 35.5. The van der Waals surface area contributed by atoms with Gasteiger partial charge in [0.05, 0.1) is 0 Å². The van der Waals surface area contributed by atoms with Crippen LogP contribution in [-0.2, 0) is 4.79 Å². The third-order valence-electron chi connectivity index (χ3n) is 2.95. The van der Waals surface area contributed by atoms with Crippen LogP contribution in [0.25, 0.3) is 0 Å². The average Bonchev–Trinajstić information content (AvgIpc) is 2.61. The third kappa shape index (κ3) is 4.02. The summed E-state index contributed by atoms with van der Waals surface area (Å²) in [6.45, 7) is 5.15. The molecule has 1 heterocycles. The van der Waals surface area contributed by atoms with Gasteiger partial charge in [-0.25, -0.2) is 0 Å². The normalized spacial score (nSPS) is 21.3. The minimum absolute atomic E-state index is 0.335. The number of carbonyl (C=O) groups excluding carboxylic acids is 1. The Morgan fingerprint density at radius 2 is 2.27 bits per heavy atom. The lowest BCUT2D eigenvalue weighted by Gasteiger charge is -2.25. The molecular formula is C12H22ClNO. The number of rotatable bonds is 5. The molecule has 0 saturated carbocycles. The van der Waals surface area contributed by atoms with Crippen molar-refractivity contribution >= 4 is 17.5 Å². The SMILES string of the molecule is CC(C)CC(=O)N1CCCC1CCCCl. The summed E-state index contributed by atoms with van der Waals surface area (Å²) < 4.78 is 0. The van der Waals surface area contributed by atoms with E-state index in [1.54, 1.807) is 0 Å². The van der Waals surface area contributed by atoms with E-state index >= 15 is 0 Å². The summed E-state index contributed by atoms with van der Waals surface area (Å²) in [6.07, 6.45) is 5.12. The molecule has 0 aliphatic carbocycles. The minimum Gasteiger partial charge on any atom is -0.340 e. The second-order valence-corrected chi connectivity index (χ2v) is 5.19. The van der Waals surface area contributed by atoms with Gasteiger partial charge >= 0.3 is 0 Å². The monoisotopic (exact) mass is 231 g/mol. The van der Waals surface area contributed by atoms with Gasteiger partial charge in [-0.3, -0.25) is 4.79 Å². The number of hydrogen-bond acceptors (Lipinski definition) is 1. The lowest BCUT2D eigenvalue weighted by Crippen LogP contribution is -2.36. The number of alkyl halides is 1. The van der Waals surface area contributed by atoms with E-state index in [1.807, 2.05) is 0 Å². The van der Waals surface area contributed by atoms with E-state index in [0.29, 0.717) is 30.2 Å². The smallest absolute Gasteiger partial charge is 0.223 e. The standard InChI is InChI=1S/C12H22ClNO/c1-10(2)9-12(15)14-8-4-6-11(14)5-3-7-13/h10-11H,3-9H2,1-2H3. The van der Waals surface area contributed by atoms with E-state index < -0.39 is 0 Å². The first-order valence-corrected chi connectivity index (χ1v) is 6.54. The maximum absolute atomic E-state index is 11.9. The lowest BCUT2D eigenvalue weighted by molar-refractivity contribution is -0.132. The van der Waals surface area contributed by atoms with Crippen molar-refractivity contribution in [2.45, 2.75) is 52.0 Å². The first kappa shape index (κ1) is 12.8. The molecule has 0 aromatic rings. The summed E-state index contributed by atoms with van der Waals surface area (Å²) in [5.74, 6) is 1.51. The Hall–Kier alpha value is -0.240. The summed E-state index contributed by atoms with van der Waals surface area (Å²) in [6, 6.07) is 0.468. The molecule has 3 heteroatoms. The molecule has 1 atom stereocenters. The summed E-state index contributed by atoms with van der Waals surface area (Å²) in [7, 11) is 0. The zero-order valence-corrected chi connectivity index (χ0v) is 10.6. The quantitative estimate of drug-likeness (QED) is 0.666. The molecule has 0 radical (unpaired) electrons. The Bertz CT molecular complexity index is 206. The predicted octanol–water partition coefficient (Wildman–Crippen LogP) is 3.04. The van der Waals surface area contributed by atoms with Gasteiger partial charge in [0.2, 0.25) is 5.91 Å². The number of hydrogen-bond donors (Lipinski definition) is 0. The zero-order valence-electron chi connectivity index (χ0n) is 9.84. The third-order valence-corrected chi connectivity index (χ3v) is 3.22. The van der Waals surface area contributed by atoms with Crippen LogP contribution in [0.3, 0.4) is 0 Å². The molecule has 0 N–H and O–H groups in total. The van der Waals surface area contributed by atoms with Crippen molar-refractivity contribution in [3.05, 3.63) is 0 Å². The molecule has 1 aliphatic heterocycles. The van der Waals surface area contributed by atoms with Gasteiger partial charge in [0, 0.05) is 24.9 Å². The number of amides is 1. The zero-order chi connectivity index (χ0) is 11.3. The Morgan fingerprint density at radius 3 is 2.87 bits per heavy atom. The fraction of sp³-hybridized carbons (Fsp3) is 0.917. The topological polar surface area (TPSA) is 20.3 Å². The second kappa shape index (κ2) is 6.37. The van der Waals surface area contributed by atoms with Gasteiger partial charge in [0.1, 0.15) is 0 Å². The summed E-state index contributed by atoms with van der Waals surface area (Å²) in [5.41, 5.74) is 0. The van der Waals surface area contributed by atoms with E-state index in [-0.39, 0.29) is 0 Å². The fourth-order valence-corrected chi connectivity index (χ4v) is 2.40. The second-order valence-electron chi connectivity index (χ2n) is 4.81. The molecule has 0 spiro atoms. The first-order valence-electron chi connectivity index (χ1n) is 6.00. The van der Waals surface area contributed by atoms with Crippen LogP contribution in [0.5, 0.6) is 0 Å². The van der Waals surface area contributed by atoms with Crippen LogP contribution in [0.1, 0.15) is 46.0 Å². The van der Waals surface area contributed by atoms with Gasteiger partial charge in [-0.05, 0) is 31.6 Å². The molecule has 1 rings (SSSR count). The molecule has 0 aromatic heterocycles. The molecule has 88 valence electrons. The van der Waals surface area contributed by atoms with Crippen LogP contribution in [0.2, 0.25) is 0 Å². The molecule has 1 unspecified atom stereocenters. The van der Waals surface area contributed by atoms with Crippen LogP contribution in [0.15, 0.2) is 0 Å². The predicted molar refractivity (Wildman–Crippen MR) is 64.1 cm³/mol. The first-order chi connectivity index (χ1) is 7.15. The van der Waals surface area contributed by atoms with Crippen molar-refractivity contribution < 1.29 is 4.79 Å². The highest BCUT2D eigenvalue weighted by Crippen LogP contribution is 2.23. The summed E-state index contributed by atoms with van der Waals surface area (Å²) >= 11 is 5.69. The highest BCUT2D eigenvalue weighted by Gasteiger charge is 2.27. The number of halogens is 1. The molecule has 1 fully saturated rings. The van der Waals surface area contributed by atoms with Gasteiger partial charge in [-0.15, -0.1) is 11.6 Å². The van der Waals surface area contributed by atoms with Crippen LogP contribution in [0, 0.1) is 5.92 Å². The maximum atomic E-state index is 11.9. The maximum Gasteiger partial charge on any atom is 0.223 e. The Morgan fingerprint density at radius 1 is 1.53 bits per heavy atom. The minimum atomic E-state index is 0.335. The Balaban J connectivity index is 2.41. The van der Waals surface area contributed by atoms with Crippen LogP contribution < -0.4 is 0 Å². The van der Waals surface area contributed by atoms with Crippen molar-refractivity contribution in [2.75, 3.05) is 12.4 Å². The molecule has 1 aliphatic rings. The van der Waals surface area contributed by atoms with Gasteiger partial charge in [-0.1, -0.05) is 13.8 Å². The lowest BCUT2D eigenvalue weighted by atomic mass is 10.1. The van der Waals surface area contributed by atoms with Gasteiger partial charge in [0.25, 0.3) is 0 Å². The van der Waals surface area contributed by atoms with Crippen LogP contribution in [0.4, 0.5) is 0 Å². The van der Waals surface area contributed by atoms with E-state index in [1.165, 1.54) is 6.42 Å². The molecule has 15 heavy (non-hydrogen) atoms. The molecule has 1 saturated heterocycles. The molecule has 2 nitrogen and oxygen atoms in total. The van der Waals surface area contributed by atoms with Crippen LogP contribution >= 0.6 is 11.6 Å². The van der Waals surface area contributed by atoms with Crippen LogP contribution in [-0.4, -0.2) is 29.3 Å². The Labute approximate surface area is 98.0 Å². The van der Waals surface area contributed by atoms with E-state index in [9.17, 15) is 4.79 Å². The molecule has 0 aromatic carbocycles. The van der Waals surface area contributed by atoms with Crippen molar-refractivity contribution in [3.63, 3.8) is 0 Å². The van der Waals surface area contributed by atoms with E-state index in [4.69, 9.17) is 11.6 Å². The van der Waals surface area contributed by atoms with Crippen molar-refractivity contribution in [1.82, 2.24) is 4.90 Å². The van der Waals surface area contributed by atoms with Gasteiger partial charge in [-0.2, -0.15) is 0 Å². The number of nitrogens with zero attached hydrogens (tertiary/aromatic N) is 1. The molecular weight excluding hydrogens is 210 g/mol. The average molecular weight is 232 g/mol. The largest absolute Gasteiger partial charge is 0.340 e. The Kier molecular flexibility index (Phi) is 5.44. The molecule has 0 bridgehead atoms. The highest BCUT2D eigenvalue weighted by molar-refractivity contribution is 6.17. The van der Waals surface area contributed by atoms with E-state index in [2.05, 4.69) is 18.7 Å². The van der Waals surface area contributed by atoms with Crippen molar-refractivity contribution in [3.8, 4) is 0 Å². The summed E-state index contributed by atoms with van der Waals surface area (Å²) in [5, 5.41) is 0. The van der Waals surface area contributed by atoms with Gasteiger partial charge < -0.3 is 4.90 Å². The summed E-state index contributed by atoms with van der Waals surface area (Å²) in [4.78, 5) is 14.0. The van der Waals surface area contributed by atoms with Gasteiger partial charge in [0.15, 0.2) is 0 Å². The van der Waals surface area contributed by atoms with Crippen molar-refractivity contribution in [1.29, 1.82) is 0 Å². The number of likely N-dealkylation sites (tertiary alicyclic amines) is 1. The fourth-order valence-electron chi connectivity index (χ4n) is 2.24. The number of carbonyl (C=O) groups is 1. The van der Waals surface area contributed by atoms with Crippen molar-refractivity contribution in [2.24, 2.45) is 5.92 Å². The van der Waals surface area contributed by atoms with E-state index in [0.717, 1.165) is 25.8 Å².